The molecule has 1 saturated heterocycles. The molecule has 0 radical (unpaired) electrons. The first-order valence-electron chi connectivity index (χ1n) is 6.70. The van der Waals surface area contributed by atoms with Crippen LogP contribution in [0, 0.1) is 6.92 Å². The van der Waals surface area contributed by atoms with E-state index in [0.717, 1.165) is 31.4 Å². The number of aliphatic hydroxyl groups is 1. The zero-order valence-corrected chi connectivity index (χ0v) is 11.1. The Kier molecular flexibility index (Phi) is 4.38. The third-order valence-corrected chi connectivity index (χ3v) is 4.00. The molecule has 0 bridgehead atoms. The van der Waals surface area contributed by atoms with Crippen LogP contribution in [0.2, 0.25) is 0 Å². The average Bonchev–Trinajstić information content (AvgIpc) is 2.90. The van der Waals surface area contributed by atoms with E-state index < -0.39 is 0 Å². The van der Waals surface area contributed by atoms with Crippen LogP contribution in [-0.2, 0) is 10.2 Å². The number of aryl methyl sites for hydroxylation is 1. The normalized spacial score (nSPS) is 22.9. The van der Waals surface area contributed by atoms with Gasteiger partial charge in [-0.25, -0.2) is 0 Å². The fraction of sp³-hybridized carbons (Fsp3) is 0.600. The van der Waals surface area contributed by atoms with Crippen molar-refractivity contribution in [3.63, 3.8) is 0 Å². The Balaban J connectivity index is 2.21. The number of hydrogen-bond acceptors (Lipinski definition) is 3. The average molecular weight is 249 g/mol. The van der Waals surface area contributed by atoms with Crippen molar-refractivity contribution in [2.45, 2.75) is 37.7 Å². The molecule has 3 N–H and O–H groups in total. The van der Waals surface area contributed by atoms with Gasteiger partial charge in [0.25, 0.3) is 0 Å². The molecule has 1 heterocycles. The monoisotopic (exact) mass is 249 g/mol. The molecule has 1 aromatic rings. The fourth-order valence-electron chi connectivity index (χ4n) is 2.69. The van der Waals surface area contributed by atoms with Gasteiger partial charge in [-0.05, 0) is 31.7 Å². The molecule has 3 heteroatoms. The molecule has 2 atom stereocenters. The first-order valence-corrected chi connectivity index (χ1v) is 6.70. The topological polar surface area (TPSA) is 55.5 Å². The molecular weight excluding hydrogens is 226 g/mol. The van der Waals surface area contributed by atoms with Gasteiger partial charge in [0.05, 0.1) is 12.7 Å². The van der Waals surface area contributed by atoms with Gasteiger partial charge in [0, 0.05) is 18.6 Å². The molecule has 0 spiro atoms. The second-order valence-electron chi connectivity index (χ2n) is 5.35. The predicted molar refractivity (Wildman–Crippen MR) is 72.6 cm³/mol. The minimum Gasteiger partial charge on any atom is -0.395 e. The number of aliphatic hydroxyl groups excluding tert-OH is 1. The number of nitrogens with two attached hydrogens (primary N) is 1. The molecule has 1 aliphatic rings. The van der Waals surface area contributed by atoms with E-state index >= 15 is 0 Å². The summed E-state index contributed by atoms with van der Waals surface area (Å²) < 4.78 is 5.69. The van der Waals surface area contributed by atoms with Crippen LogP contribution in [0.15, 0.2) is 24.3 Å². The van der Waals surface area contributed by atoms with E-state index in [-0.39, 0.29) is 18.1 Å². The third kappa shape index (κ3) is 2.74. The summed E-state index contributed by atoms with van der Waals surface area (Å²) in [5, 5.41) is 9.82. The van der Waals surface area contributed by atoms with E-state index in [9.17, 15) is 5.11 Å². The van der Waals surface area contributed by atoms with Crippen LogP contribution in [0.5, 0.6) is 0 Å². The van der Waals surface area contributed by atoms with Gasteiger partial charge in [-0.1, -0.05) is 29.8 Å². The van der Waals surface area contributed by atoms with Crippen molar-refractivity contribution in [3.05, 3.63) is 35.4 Å². The van der Waals surface area contributed by atoms with Gasteiger partial charge in [-0.15, -0.1) is 0 Å². The number of hydrogen-bond donors (Lipinski definition) is 2. The summed E-state index contributed by atoms with van der Waals surface area (Å²) in [6.07, 6.45) is 3.24. The maximum Gasteiger partial charge on any atom is 0.0585 e. The Morgan fingerprint density at radius 2 is 2.11 bits per heavy atom. The van der Waals surface area contributed by atoms with Crippen LogP contribution in [-0.4, -0.2) is 31.0 Å². The Bertz CT molecular complexity index is 365. The van der Waals surface area contributed by atoms with E-state index in [1.165, 1.54) is 5.56 Å². The van der Waals surface area contributed by atoms with Crippen LogP contribution in [0.4, 0.5) is 0 Å². The highest BCUT2D eigenvalue weighted by Gasteiger charge is 2.34. The Morgan fingerprint density at radius 3 is 2.61 bits per heavy atom. The van der Waals surface area contributed by atoms with Crippen molar-refractivity contribution in [2.75, 3.05) is 19.8 Å². The minimum atomic E-state index is -0.358. The van der Waals surface area contributed by atoms with Crippen LogP contribution in [0.1, 0.15) is 30.4 Å². The van der Waals surface area contributed by atoms with Gasteiger partial charge < -0.3 is 15.6 Å². The van der Waals surface area contributed by atoms with Gasteiger partial charge in [0.1, 0.15) is 0 Å². The van der Waals surface area contributed by atoms with Crippen molar-refractivity contribution >= 4 is 0 Å². The largest absolute Gasteiger partial charge is 0.395 e. The van der Waals surface area contributed by atoms with E-state index in [1.807, 2.05) is 0 Å². The van der Waals surface area contributed by atoms with Crippen LogP contribution >= 0.6 is 0 Å². The second-order valence-corrected chi connectivity index (χ2v) is 5.35. The lowest BCUT2D eigenvalue weighted by Gasteiger charge is -2.33. The predicted octanol–water partition coefficient (Wildman–Crippen LogP) is 1.75. The summed E-state index contributed by atoms with van der Waals surface area (Å²) in [5.41, 5.74) is 7.93. The lowest BCUT2D eigenvalue weighted by atomic mass is 9.76. The number of benzene rings is 1. The molecule has 2 rings (SSSR count). The van der Waals surface area contributed by atoms with Crippen LogP contribution < -0.4 is 5.73 Å². The van der Waals surface area contributed by atoms with Crippen molar-refractivity contribution in [1.82, 2.24) is 0 Å². The van der Waals surface area contributed by atoms with Crippen LogP contribution in [0.25, 0.3) is 0 Å². The van der Waals surface area contributed by atoms with Crippen molar-refractivity contribution in [3.8, 4) is 0 Å². The Morgan fingerprint density at radius 1 is 1.39 bits per heavy atom. The van der Waals surface area contributed by atoms with E-state index in [1.54, 1.807) is 0 Å². The van der Waals surface area contributed by atoms with E-state index in [2.05, 4.69) is 31.2 Å². The lowest BCUT2D eigenvalue weighted by Crippen LogP contribution is -2.41. The summed E-state index contributed by atoms with van der Waals surface area (Å²) in [4.78, 5) is 0. The number of rotatable bonds is 5. The zero-order valence-electron chi connectivity index (χ0n) is 11.1. The second kappa shape index (κ2) is 5.83. The highest BCUT2D eigenvalue weighted by atomic mass is 16.5. The first-order chi connectivity index (χ1) is 8.70. The molecule has 1 fully saturated rings. The lowest BCUT2D eigenvalue weighted by molar-refractivity contribution is 0.0657. The highest BCUT2D eigenvalue weighted by molar-refractivity contribution is 5.29. The highest BCUT2D eigenvalue weighted by Crippen LogP contribution is 2.32. The molecule has 0 saturated carbocycles. The molecule has 2 unspecified atom stereocenters. The molecule has 0 amide bonds. The van der Waals surface area contributed by atoms with Crippen molar-refractivity contribution in [2.24, 2.45) is 5.73 Å². The van der Waals surface area contributed by atoms with Gasteiger partial charge >= 0.3 is 0 Å². The minimum absolute atomic E-state index is 0.0758. The molecule has 100 valence electrons. The summed E-state index contributed by atoms with van der Waals surface area (Å²) in [6, 6.07) is 8.30. The summed E-state index contributed by atoms with van der Waals surface area (Å²) in [6.45, 7) is 3.43. The third-order valence-electron chi connectivity index (χ3n) is 4.00. The molecule has 1 aliphatic heterocycles. The molecule has 18 heavy (non-hydrogen) atoms. The quantitative estimate of drug-likeness (QED) is 0.836. The van der Waals surface area contributed by atoms with E-state index in [4.69, 9.17) is 10.5 Å². The fourth-order valence-corrected chi connectivity index (χ4v) is 2.69. The summed E-state index contributed by atoms with van der Waals surface area (Å²) >= 11 is 0. The molecule has 1 aromatic carbocycles. The Hall–Kier alpha value is -0.900. The van der Waals surface area contributed by atoms with Gasteiger partial charge in [0.2, 0.25) is 0 Å². The maximum atomic E-state index is 9.82. The van der Waals surface area contributed by atoms with Crippen molar-refractivity contribution in [1.29, 1.82) is 0 Å². The van der Waals surface area contributed by atoms with Gasteiger partial charge in [-0.3, -0.25) is 0 Å². The molecule has 3 nitrogen and oxygen atoms in total. The molecule has 0 aromatic heterocycles. The van der Waals surface area contributed by atoms with Crippen LogP contribution in [0.3, 0.4) is 0 Å². The van der Waals surface area contributed by atoms with Gasteiger partial charge in [-0.2, -0.15) is 0 Å². The van der Waals surface area contributed by atoms with Crippen molar-refractivity contribution < 1.29 is 9.84 Å². The standard InChI is InChI=1S/C15H23NO2/c1-12-4-6-13(7-5-12)15(10-16,11-17)9-14-3-2-8-18-14/h4-7,14,17H,2-3,8-11,16H2,1H3. The maximum absolute atomic E-state index is 9.82. The summed E-state index contributed by atoms with van der Waals surface area (Å²) in [5.74, 6) is 0. The first kappa shape index (κ1) is 13.5. The zero-order chi connectivity index (χ0) is 13.0. The summed E-state index contributed by atoms with van der Waals surface area (Å²) in [7, 11) is 0. The number of ether oxygens (including phenoxy) is 1. The van der Waals surface area contributed by atoms with E-state index in [0.29, 0.717) is 6.54 Å². The molecular formula is C15H23NO2. The smallest absolute Gasteiger partial charge is 0.0585 e. The molecule has 0 aliphatic carbocycles. The Labute approximate surface area is 109 Å². The van der Waals surface area contributed by atoms with Gasteiger partial charge in [0.15, 0.2) is 0 Å². The SMILES string of the molecule is Cc1ccc(C(CN)(CO)CC2CCCO2)cc1.